The highest BCUT2D eigenvalue weighted by Gasteiger charge is 2.11. The fraction of sp³-hybridized carbons (Fsp3) is 0.143. The Kier molecular flexibility index (Phi) is 4.36. The molecule has 2 rings (SSSR count). The number of benzene rings is 2. The number of nitrogens with zero attached hydrogens (tertiary/aromatic N) is 1. The van der Waals surface area contributed by atoms with Crippen LogP contribution < -0.4 is 4.74 Å². The maximum Gasteiger partial charge on any atom is 0.273 e. The summed E-state index contributed by atoms with van der Waals surface area (Å²) in [5.74, 6) is 0.902. The normalized spacial score (nSPS) is 11.9. The van der Waals surface area contributed by atoms with Crippen LogP contribution in [0.1, 0.15) is 18.6 Å². The number of non-ortho nitro benzene ring substituents is 1. The molecular weight excluding hydrogens is 326 g/mol. The first-order valence-corrected chi connectivity index (χ1v) is 6.66. The molecule has 0 aliphatic rings. The zero-order chi connectivity index (χ0) is 14.7. The Hall–Kier alpha value is -1.92. The summed E-state index contributed by atoms with van der Waals surface area (Å²) in [5, 5.41) is 20.2. The maximum absolute atomic E-state index is 10.7. The SMILES string of the molecule is C[C@H](O)c1ccc(Oc2cc([N+](=O)[O-])ccc2Br)cc1. The van der Waals surface area contributed by atoms with Gasteiger partial charge < -0.3 is 9.84 Å². The van der Waals surface area contributed by atoms with E-state index >= 15 is 0 Å². The van der Waals surface area contributed by atoms with E-state index < -0.39 is 11.0 Å². The van der Waals surface area contributed by atoms with Gasteiger partial charge in [-0.05, 0) is 46.6 Å². The molecular formula is C14H12BrNO4. The van der Waals surface area contributed by atoms with E-state index in [1.165, 1.54) is 12.1 Å². The first-order chi connectivity index (χ1) is 9.47. The van der Waals surface area contributed by atoms with Crippen LogP contribution >= 0.6 is 15.9 Å². The summed E-state index contributed by atoms with van der Waals surface area (Å²) < 4.78 is 6.23. The first-order valence-electron chi connectivity index (χ1n) is 5.87. The molecule has 0 heterocycles. The molecule has 0 unspecified atom stereocenters. The van der Waals surface area contributed by atoms with E-state index in [9.17, 15) is 15.2 Å². The Morgan fingerprint density at radius 2 is 1.90 bits per heavy atom. The summed E-state index contributed by atoms with van der Waals surface area (Å²) in [6.45, 7) is 1.67. The van der Waals surface area contributed by atoms with Crippen LogP contribution in [0.15, 0.2) is 46.9 Å². The van der Waals surface area contributed by atoms with Gasteiger partial charge in [-0.3, -0.25) is 10.1 Å². The van der Waals surface area contributed by atoms with Gasteiger partial charge in [-0.25, -0.2) is 0 Å². The minimum absolute atomic E-state index is 0.0381. The minimum Gasteiger partial charge on any atom is -0.456 e. The third kappa shape index (κ3) is 3.34. The van der Waals surface area contributed by atoms with Crippen molar-refractivity contribution in [2.45, 2.75) is 13.0 Å². The number of ether oxygens (including phenoxy) is 1. The quantitative estimate of drug-likeness (QED) is 0.670. The van der Waals surface area contributed by atoms with Crippen molar-refractivity contribution in [2.24, 2.45) is 0 Å². The van der Waals surface area contributed by atoms with Crippen molar-refractivity contribution >= 4 is 21.6 Å². The molecule has 0 saturated heterocycles. The second-order valence-corrected chi connectivity index (χ2v) is 5.07. The molecule has 0 saturated carbocycles. The second-order valence-electron chi connectivity index (χ2n) is 4.22. The number of nitro benzene ring substituents is 1. The highest BCUT2D eigenvalue weighted by Crippen LogP contribution is 2.33. The Balaban J connectivity index is 2.25. The third-order valence-corrected chi connectivity index (χ3v) is 3.37. The Morgan fingerprint density at radius 3 is 2.45 bits per heavy atom. The Bertz CT molecular complexity index is 626. The molecule has 0 aliphatic carbocycles. The van der Waals surface area contributed by atoms with Gasteiger partial charge in [-0.2, -0.15) is 0 Å². The summed E-state index contributed by atoms with van der Waals surface area (Å²) in [4.78, 5) is 10.3. The van der Waals surface area contributed by atoms with Crippen LogP contribution in [0.2, 0.25) is 0 Å². The molecule has 1 atom stereocenters. The molecule has 1 N–H and O–H groups in total. The van der Waals surface area contributed by atoms with Crippen molar-refractivity contribution in [2.75, 3.05) is 0 Å². The van der Waals surface area contributed by atoms with Gasteiger partial charge in [0, 0.05) is 6.07 Å². The van der Waals surface area contributed by atoms with Crippen LogP contribution in [0, 0.1) is 10.1 Å². The number of aliphatic hydroxyl groups excluding tert-OH is 1. The molecule has 20 heavy (non-hydrogen) atoms. The zero-order valence-electron chi connectivity index (χ0n) is 10.6. The molecule has 2 aromatic carbocycles. The van der Waals surface area contributed by atoms with Crippen LogP contribution in [0.25, 0.3) is 0 Å². The van der Waals surface area contributed by atoms with Gasteiger partial charge >= 0.3 is 0 Å². The molecule has 0 fully saturated rings. The topological polar surface area (TPSA) is 72.6 Å². The predicted molar refractivity (Wildman–Crippen MR) is 77.9 cm³/mol. The zero-order valence-corrected chi connectivity index (χ0v) is 12.2. The number of hydrogen-bond donors (Lipinski definition) is 1. The molecule has 0 spiro atoms. The second kappa shape index (κ2) is 6.02. The molecule has 6 heteroatoms. The van der Waals surface area contributed by atoms with Gasteiger partial charge in [-0.1, -0.05) is 12.1 Å². The van der Waals surface area contributed by atoms with Crippen LogP contribution in [0.4, 0.5) is 5.69 Å². The highest BCUT2D eigenvalue weighted by molar-refractivity contribution is 9.10. The van der Waals surface area contributed by atoms with E-state index in [0.717, 1.165) is 5.56 Å². The molecule has 0 radical (unpaired) electrons. The summed E-state index contributed by atoms with van der Waals surface area (Å²) in [5.41, 5.74) is 0.735. The average molecular weight is 338 g/mol. The van der Waals surface area contributed by atoms with Crippen molar-refractivity contribution in [1.29, 1.82) is 0 Å². The van der Waals surface area contributed by atoms with E-state index in [2.05, 4.69) is 15.9 Å². The number of hydrogen-bond acceptors (Lipinski definition) is 4. The molecule has 0 aromatic heterocycles. The van der Waals surface area contributed by atoms with Gasteiger partial charge in [-0.15, -0.1) is 0 Å². The number of halogens is 1. The first kappa shape index (κ1) is 14.5. The Labute approximate surface area is 124 Å². The third-order valence-electron chi connectivity index (χ3n) is 2.72. The Morgan fingerprint density at radius 1 is 1.25 bits per heavy atom. The number of rotatable bonds is 4. The molecule has 0 bridgehead atoms. The lowest BCUT2D eigenvalue weighted by atomic mass is 10.1. The average Bonchev–Trinajstić information content (AvgIpc) is 2.41. The van der Waals surface area contributed by atoms with Crippen LogP contribution in [-0.2, 0) is 0 Å². The van der Waals surface area contributed by atoms with Crippen LogP contribution in [0.5, 0.6) is 11.5 Å². The van der Waals surface area contributed by atoms with E-state index in [0.29, 0.717) is 16.0 Å². The molecule has 0 aliphatic heterocycles. The van der Waals surface area contributed by atoms with Gasteiger partial charge in [0.1, 0.15) is 11.5 Å². The van der Waals surface area contributed by atoms with E-state index in [1.807, 2.05) is 0 Å². The highest BCUT2D eigenvalue weighted by atomic mass is 79.9. The lowest BCUT2D eigenvalue weighted by Crippen LogP contribution is -1.92. The van der Waals surface area contributed by atoms with Gasteiger partial charge in [0.05, 0.1) is 21.6 Å². The lowest BCUT2D eigenvalue weighted by Gasteiger charge is -2.09. The van der Waals surface area contributed by atoms with Crippen LogP contribution in [-0.4, -0.2) is 10.0 Å². The van der Waals surface area contributed by atoms with Gasteiger partial charge in [0.2, 0.25) is 0 Å². The van der Waals surface area contributed by atoms with Crippen molar-refractivity contribution in [3.8, 4) is 11.5 Å². The van der Waals surface area contributed by atoms with Crippen molar-refractivity contribution < 1.29 is 14.8 Å². The summed E-state index contributed by atoms with van der Waals surface area (Å²) in [6, 6.07) is 11.2. The largest absolute Gasteiger partial charge is 0.456 e. The molecule has 0 amide bonds. The monoisotopic (exact) mass is 337 g/mol. The van der Waals surface area contributed by atoms with E-state index in [1.54, 1.807) is 37.3 Å². The smallest absolute Gasteiger partial charge is 0.273 e. The molecule has 2 aromatic rings. The standard InChI is InChI=1S/C14H12BrNO4/c1-9(17)10-2-5-12(6-3-10)20-14-8-11(16(18)19)4-7-13(14)15/h2-9,17H,1H3/t9-/m0/s1. The summed E-state index contributed by atoms with van der Waals surface area (Å²) >= 11 is 3.29. The molecule has 5 nitrogen and oxygen atoms in total. The van der Waals surface area contributed by atoms with Crippen molar-refractivity contribution in [3.05, 3.63) is 62.6 Å². The predicted octanol–water partition coefficient (Wildman–Crippen LogP) is 4.20. The van der Waals surface area contributed by atoms with Crippen LogP contribution in [0.3, 0.4) is 0 Å². The fourth-order valence-corrected chi connectivity index (χ4v) is 1.95. The maximum atomic E-state index is 10.7. The number of nitro groups is 1. The van der Waals surface area contributed by atoms with Crippen molar-refractivity contribution in [3.63, 3.8) is 0 Å². The fourth-order valence-electron chi connectivity index (χ4n) is 1.63. The molecule has 104 valence electrons. The summed E-state index contributed by atoms with van der Waals surface area (Å²) in [6.07, 6.45) is -0.548. The lowest BCUT2D eigenvalue weighted by molar-refractivity contribution is -0.384. The minimum atomic E-state index is -0.548. The van der Waals surface area contributed by atoms with Crippen molar-refractivity contribution in [1.82, 2.24) is 0 Å². The van der Waals surface area contributed by atoms with Gasteiger partial charge in [0.15, 0.2) is 0 Å². The van der Waals surface area contributed by atoms with E-state index in [-0.39, 0.29) is 5.69 Å². The van der Waals surface area contributed by atoms with Gasteiger partial charge in [0.25, 0.3) is 5.69 Å². The summed E-state index contributed by atoms with van der Waals surface area (Å²) in [7, 11) is 0. The number of aliphatic hydroxyl groups is 1. The van der Waals surface area contributed by atoms with E-state index in [4.69, 9.17) is 4.74 Å².